The van der Waals surface area contributed by atoms with Crippen molar-refractivity contribution in [3.8, 4) is 0 Å². The molecule has 15 heteroatoms. The molecule has 12 N–H and O–H groups in total. The standard InChI is InChI=1S/C22H42N8O6S/c1-4-12(2)17(30-19(34)13(23)6-5-10-27-22(25)26)21(36)29-15(9-11-37-3)20(35)28-14(18(24)33)7-8-16(31)32/h12-15,17H,4-11,23H2,1-3H3,(H2,24,33)(H,28,35)(H,29,36)(H,30,34)(H,31,32)(H4,25,26,27)/t12-,13-,14-,15-,17-/m0/s1. The van der Waals surface area contributed by atoms with E-state index in [1.807, 2.05) is 13.2 Å². The van der Waals surface area contributed by atoms with Gasteiger partial charge >= 0.3 is 5.97 Å². The Labute approximate surface area is 221 Å². The van der Waals surface area contributed by atoms with E-state index in [1.54, 1.807) is 6.92 Å². The second kappa shape index (κ2) is 18.2. The number of primary amides is 1. The fourth-order valence-corrected chi connectivity index (χ4v) is 3.68. The minimum atomic E-state index is -1.21. The normalized spacial score (nSPS) is 14.8. The van der Waals surface area contributed by atoms with Crippen LogP contribution in [0.3, 0.4) is 0 Å². The van der Waals surface area contributed by atoms with Crippen molar-refractivity contribution in [2.45, 2.75) is 76.5 Å². The number of amides is 4. The van der Waals surface area contributed by atoms with Crippen LogP contribution in [-0.4, -0.2) is 83.4 Å². The Kier molecular flexibility index (Phi) is 16.7. The van der Waals surface area contributed by atoms with E-state index in [9.17, 15) is 24.0 Å². The number of hydrogen-bond acceptors (Lipinski definition) is 8. The van der Waals surface area contributed by atoms with Crippen molar-refractivity contribution in [3.63, 3.8) is 0 Å². The Morgan fingerprint density at radius 1 is 0.919 bits per heavy atom. The molecule has 0 bridgehead atoms. The fourth-order valence-electron chi connectivity index (χ4n) is 3.20. The SMILES string of the molecule is CC[C@H](C)[C@H](NC(=O)[C@@H](N)CCCN=C(N)N)C(=O)N[C@@H](CCSC)C(=O)N[C@@H](CCC(=O)O)C(N)=O. The lowest BCUT2D eigenvalue weighted by molar-refractivity contribution is -0.138. The highest BCUT2D eigenvalue weighted by Crippen LogP contribution is 2.11. The summed E-state index contributed by atoms with van der Waals surface area (Å²) in [5.41, 5.74) is 21.8. The number of carboxylic acid groups (broad SMARTS) is 1. The molecular weight excluding hydrogens is 504 g/mol. The number of guanidine groups is 1. The average Bonchev–Trinajstić information content (AvgIpc) is 2.83. The van der Waals surface area contributed by atoms with Crippen molar-refractivity contribution >= 4 is 47.3 Å². The fraction of sp³-hybridized carbons (Fsp3) is 0.727. The van der Waals surface area contributed by atoms with Gasteiger partial charge in [-0.2, -0.15) is 11.8 Å². The number of thioether (sulfide) groups is 1. The van der Waals surface area contributed by atoms with Crippen LogP contribution in [0.2, 0.25) is 0 Å². The van der Waals surface area contributed by atoms with Crippen LogP contribution >= 0.6 is 11.8 Å². The maximum Gasteiger partial charge on any atom is 0.303 e. The molecule has 0 saturated carbocycles. The molecule has 0 aromatic heterocycles. The first-order valence-corrected chi connectivity index (χ1v) is 13.4. The summed E-state index contributed by atoms with van der Waals surface area (Å²) in [5, 5.41) is 16.6. The van der Waals surface area contributed by atoms with Gasteiger partial charge in [0, 0.05) is 13.0 Å². The first-order valence-electron chi connectivity index (χ1n) is 12.1. The highest BCUT2D eigenvalue weighted by molar-refractivity contribution is 7.98. The summed E-state index contributed by atoms with van der Waals surface area (Å²) in [6.07, 6.45) is 2.81. The minimum Gasteiger partial charge on any atom is -0.481 e. The lowest BCUT2D eigenvalue weighted by Crippen LogP contribution is -2.59. The van der Waals surface area contributed by atoms with Crippen molar-refractivity contribution in [2.75, 3.05) is 18.6 Å². The van der Waals surface area contributed by atoms with Crippen molar-refractivity contribution in [1.82, 2.24) is 16.0 Å². The van der Waals surface area contributed by atoms with Gasteiger partial charge in [-0.3, -0.25) is 29.0 Å². The number of nitrogens with one attached hydrogen (secondary N) is 3. The van der Waals surface area contributed by atoms with Crippen LogP contribution in [-0.2, 0) is 24.0 Å². The van der Waals surface area contributed by atoms with Gasteiger partial charge in [0.05, 0.1) is 6.04 Å². The predicted molar refractivity (Wildman–Crippen MR) is 142 cm³/mol. The highest BCUT2D eigenvalue weighted by Gasteiger charge is 2.32. The van der Waals surface area contributed by atoms with E-state index in [0.29, 0.717) is 31.6 Å². The second-order valence-electron chi connectivity index (χ2n) is 8.67. The van der Waals surface area contributed by atoms with Gasteiger partial charge in [0.25, 0.3) is 0 Å². The molecule has 4 amide bonds. The monoisotopic (exact) mass is 546 g/mol. The number of nitrogens with zero attached hydrogens (tertiary/aromatic N) is 1. The number of aliphatic imine (C=N–C) groups is 1. The molecule has 0 aliphatic heterocycles. The molecular formula is C22H42N8O6S. The van der Waals surface area contributed by atoms with E-state index in [4.69, 9.17) is 28.0 Å². The van der Waals surface area contributed by atoms with Crippen LogP contribution in [0.15, 0.2) is 4.99 Å². The number of rotatable bonds is 19. The molecule has 212 valence electrons. The van der Waals surface area contributed by atoms with Gasteiger partial charge in [-0.15, -0.1) is 0 Å². The molecule has 0 rings (SSSR count). The van der Waals surface area contributed by atoms with E-state index in [0.717, 1.165) is 0 Å². The lowest BCUT2D eigenvalue weighted by Gasteiger charge is -2.28. The van der Waals surface area contributed by atoms with E-state index < -0.39 is 53.8 Å². The summed E-state index contributed by atoms with van der Waals surface area (Å²) in [5.74, 6) is -3.66. The van der Waals surface area contributed by atoms with E-state index >= 15 is 0 Å². The molecule has 14 nitrogen and oxygen atoms in total. The smallest absolute Gasteiger partial charge is 0.303 e. The van der Waals surface area contributed by atoms with E-state index in [2.05, 4.69) is 20.9 Å². The number of carbonyl (C=O) groups excluding carboxylic acids is 4. The summed E-state index contributed by atoms with van der Waals surface area (Å²) in [4.78, 5) is 65.1. The Morgan fingerprint density at radius 3 is 2.05 bits per heavy atom. The first kappa shape index (κ1) is 33.9. The molecule has 0 radical (unpaired) electrons. The highest BCUT2D eigenvalue weighted by atomic mass is 32.2. The van der Waals surface area contributed by atoms with Gasteiger partial charge in [-0.05, 0) is 43.6 Å². The quantitative estimate of drug-likeness (QED) is 0.0500. The zero-order chi connectivity index (χ0) is 28.5. The third kappa shape index (κ3) is 14.3. The Balaban J connectivity index is 5.43. The van der Waals surface area contributed by atoms with Gasteiger partial charge in [-0.25, -0.2) is 0 Å². The number of carbonyl (C=O) groups is 5. The Bertz CT molecular complexity index is 808. The molecule has 0 heterocycles. The number of aliphatic carboxylic acids is 1. The van der Waals surface area contributed by atoms with Crippen LogP contribution < -0.4 is 38.9 Å². The minimum absolute atomic E-state index is 0.0596. The molecule has 0 aromatic carbocycles. The van der Waals surface area contributed by atoms with Crippen LogP contribution in [0.4, 0.5) is 0 Å². The van der Waals surface area contributed by atoms with Crippen LogP contribution in [0.5, 0.6) is 0 Å². The summed E-state index contributed by atoms with van der Waals surface area (Å²) >= 11 is 1.45. The molecule has 0 unspecified atom stereocenters. The molecule has 0 spiro atoms. The number of carboxylic acids is 1. The van der Waals surface area contributed by atoms with Crippen molar-refractivity contribution in [2.24, 2.45) is 33.8 Å². The van der Waals surface area contributed by atoms with E-state index in [1.165, 1.54) is 11.8 Å². The number of nitrogens with two attached hydrogens (primary N) is 4. The Morgan fingerprint density at radius 2 is 1.54 bits per heavy atom. The predicted octanol–water partition coefficient (Wildman–Crippen LogP) is -2.03. The maximum absolute atomic E-state index is 13.2. The molecule has 0 saturated heterocycles. The van der Waals surface area contributed by atoms with Gasteiger partial charge in [0.15, 0.2) is 5.96 Å². The third-order valence-corrected chi connectivity index (χ3v) is 6.29. The summed E-state index contributed by atoms with van der Waals surface area (Å²) < 4.78 is 0. The van der Waals surface area contributed by atoms with Crippen molar-refractivity contribution in [3.05, 3.63) is 0 Å². The summed E-state index contributed by atoms with van der Waals surface area (Å²) in [7, 11) is 0. The molecule has 37 heavy (non-hydrogen) atoms. The third-order valence-electron chi connectivity index (χ3n) is 5.65. The average molecular weight is 547 g/mol. The van der Waals surface area contributed by atoms with Crippen LogP contribution in [0.1, 0.15) is 52.4 Å². The maximum atomic E-state index is 13.2. The molecule has 0 fully saturated rings. The largest absolute Gasteiger partial charge is 0.481 e. The topological polar surface area (TPSA) is 258 Å². The molecule has 5 atom stereocenters. The zero-order valence-electron chi connectivity index (χ0n) is 21.7. The van der Waals surface area contributed by atoms with E-state index in [-0.39, 0.29) is 31.1 Å². The Hall–Kier alpha value is -3.07. The van der Waals surface area contributed by atoms with Gasteiger partial charge in [-0.1, -0.05) is 20.3 Å². The van der Waals surface area contributed by atoms with Crippen molar-refractivity contribution < 1.29 is 29.1 Å². The molecule has 0 aliphatic carbocycles. The molecule has 0 aromatic rings. The van der Waals surface area contributed by atoms with Gasteiger partial charge in [0.1, 0.15) is 18.1 Å². The first-order chi connectivity index (χ1) is 17.3. The van der Waals surface area contributed by atoms with Crippen LogP contribution in [0.25, 0.3) is 0 Å². The molecule has 0 aliphatic rings. The second-order valence-corrected chi connectivity index (χ2v) is 9.65. The van der Waals surface area contributed by atoms with Gasteiger partial charge < -0.3 is 44.0 Å². The summed E-state index contributed by atoms with van der Waals surface area (Å²) in [6.45, 7) is 3.94. The lowest BCUT2D eigenvalue weighted by atomic mass is 9.97. The summed E-state index contributed by atoms with van der Waals surface area (Å²) in [6, 6.07) is -4.11. The zero-order valence-corrected chi connectivity index (χ0v) is 22.5. The van der Waals surface area contributed by atoms with Gasteiger partial charge in [0.2, 0.25) is 23.6 Å². The van der Waals surface area contributed by atoms with Crippen molar-refractivity contribution in [1.29, 1.82) is 0 Å². The van der Waals surface area contributed by atoms with Crippen LogP contribution in [0, 0.1) is 5.92 Å². The number of hydrogen-bond donors (Lipinski definition) is 8.